The van der Waals surface area contributed by atoms with Crippen molar-refractivity contribution in [1.29, 1.82) is 5.26 Å². The van der Waals surface area contributed by atoms with Gasteiger partial charge in [0.05, 0.1) is 17.6 Å². The van der Waals surface area contributed by atoms with Crippen molar-refractivity contribution in [2.24, 2.45) is 0 Å². The highest BCUT2D eigenvalue weighted by Crippen LogP contribution is 2.18. The van der Waals surface area contributed by atoms with Gasteiger partial charge < -0.3 is 4.90 Å². The van der Waals surface area contributed by atoms with Gasteiger partial charge in [-0.1, -0.05) is 41.9 Å². The minimum absolute atomic E-state index is 0.180. The smallest absolute Gasteiger partial charge is 0.274 e. The van der Waals surface area contributed by atoms with Crippen LogP contribution in [0, 0.1) is 11.3 Å². The number of amides is 1. The van der Waals surface area contributed by atoms with Crippen molar-refractivity contribution in [2.45, 2.75) is 12.6 Å². The molecule has 1 aromatic heterocycles. The summed E-state index contributed by atoms with van der Waals surface area (Å²) in [5.74, 6) is -0.262. The molecule has 1 atom stereocenters. The number of rotatable bonds is 3. The molecule has 1 aliphatic heterocycles. The predicted octanol–water partition coefficient (Wildman–Crippen LogP) is 1.98. The van der Waals surface area contributed by atoms with E-state index in [0.717, 1.165) is 5.56 Å². The summed E-state index contributed by atoms with van der Waals surface area (Å²) in [6.07, 6.45) is 2.70. The van der Waals surface area contributed by atoms with Crippen LogP contribution >= 0.6 is 11.6 Å². The molecule has 24 heavy (non-hydrogen) atoms. The molecule has 0 radical (unpaired) electrons. The number of nitrogens with zero attached hydrogens (tertiary/aromatic N) is 5. The highest BCUT2D eigenvalue weighted by atomic mass is 35.5. The summed E-state index contributed by atoms with van der Waals surface area (Å²) in [7, 11) is 0. The van der Waals surface area contributed by atoms with Crippen molar-refractivity contribution in [1.82, 2.24) is 19.8 Å². The van der Waals surface area contributed by atoms with E-state index in [0.29, 0.717) is 26.2 Å². The molecule has 0 spiro atoms. The first-order chi connectivity index (χ1) is 11.7. The van der Waals surface area contributed by atoms with E-state index in [1.807, 2.05) is 30.3 Å². The summed E-state index contributed by atoms with van der Waals surface area (Å²) >= 11 is 6.00. The molecule has 1 aliphatic rings. The Labute approximate surface area is 145 Å². The Morgan fingerprint density at radius 3 is 2.83 bits per heavy atom. The predicted molar refractivity (Wildman–Crippen MR) is 89.2 cm³/mol. The maximum atomic E-state index is 12.6. The summed E-state index contributed by atoms with van der Waals surface area (Å²) in [5.41, 5.74) is 1.33. The quantitative estimate of drug-likeness (QED) is 0.853. The molecule has 7 heteroatoms. The molecule has 1 saturated heterocycles. The van der Waals surface area contributed by atoms with Gasteiger partial charge in [-0.15, -0.1) is 0 Å². The standard InChI is InChI=1S/C17H16ClN5O/c18-15-9-20-12-21-16(15)17(24)23-7-6-22(14(8-19)11-23)10-13-4-2-1-3-5-13/h1-5,9,12,14H,6-7,10-11H2/t14-/m1/s1. The normalized spacial score (nSPS) is 18.2. The lowest BCUT2D eigenvalue weighted by atomic mass is 10.1. The van der Waals surface area contributed by atoms with Crippen LogP contribution in [0.1, 0.15) is 16.1 Å². The minimum Gasteiger partial charge on any atom is -0.333 e. The third kappa shape index (κ3) is 3.53. The average Bonchev–Trinajstić information content (AvgIpc) is 2.63. The largest absolute Gasteiger partial charge is 0.333 e. The van der Waals surface area contributed by atoms with E-state index in [-0.39, 0.29) is 22.7 Å². The maximum absolute atomic E-state index is 12.6. The lowest BCUT2D eigenvalue weighted by Gasteiger charge is -2.38. The van der Waals surface area contributed by atoms with Crippen molar-refractivity contribution in [3.63, 3.8) is 0 Å². The highest BCUT2D eigenvalue weighted by Gasteiger charge is 2.31. The van der Waals surface area contributed by atoms with E-state index < -0.39 is 0 Å². The Morgan fingerprint density at radius 2 is 2.12 bits per heavy atom. The molecule has 0 aliphatic carbocycles. The van der Waals surface area contributed by atoms with Crippen molar-refractivity contribution >= 4 is 17.5 Å². The zero-order valence-corrected chi connectivity index (χ0v) is 13.7. The van der Waals surface area contributed by atoms with Gasteiger partial charge in [-0.05, 0) is 5.56 Å². The molecule has 122 valence electrons. The van der Waals surface area contributed by atoms with Crippen LogP contribution in [0.25, 0.3) is 0 Å². The maximum Gasteiger partial charge on any atom is 0.274 e. The summed E-state index contributed by atoms with van der Waals surface area (Å²) in [4.78, 5) is 24.0. The number of halogens is 1. The first-order valence-electron chi connectivity index (χ1n) is 7.61. The number of aromatic nitrogens is 2. The first kappa shape index (κ1) is 16.4. The van der Waals surface area contributed by atoms with Gasteiger partial charge in [0.25, 0.3) is 5.91 Å². The van der Waals surface area contributed by atoms with Crippen molar-refractivity contribution in [3.05, 3.63) is 59.1 Å². The zero-order valence-electron chi connectivity index (χ0n) is 13.0. The van der Waals surface area contributed by atoms with E-state index in [4.69, 9.17) is 11.6 Å². The summed E-state index contributed by atoms with van der Waals surface area (Å²) in [5, 5.41) is 9.71. The van der Waals surface area contributed by atoms with Gasteiger partial charge in [0.2, 0.25) is 0 Å². The molecule has 3 rings (SSSR count). The van der Waals surface area contributed by atoms with Gasteiger partial charge in [0.15, 0.2) is 0 Å². The minimum atomic E-state index is -0.358. The topological polar surface area (TPSA) is 73.1 Å². The van der Waals surface area contributed by atoms with Crippen LogP contribution < -0.4 is 0 Å². The van der Waals surface area contributed by atoms with Gasteiger partial charge in [-0.25, -0.2) is 9.97 Å². The first-order valence-corrected chi connectivity index (χ1v) is 7.99. The molecule has 6 nitrogen and oxygen atoms in total. The molecule has 1 amide bonds. The average molecular weight is 342 g/mol. The number of hydrogen-bond acceptors (Lipinski definition) is 5. The Bertz CT molecular complexity index is 761. The Balaban J connectivity index is 1.70. The van der Waals surface area contributed by atoms with E-state index in [9.17, 15) is 10.1 Å². The molecule has 0 saturated carbocycles. The van der Waals surface area contributed by atoms with Gasteiger partial charge >= 0.3 is 0 Å². The highest BCUT2D eigenvalue weighted by molar-refractivity contribution is 6.33. The van der Waals surface area contributed by atoms with Crippen molar-refractivity contribution in [2.75, 3.05) is 19.6 Å². The summed E-state index contributed by atoms with van der Waals surface area (Å²) in [6, 6.07) is 11.9. The third-order valence-electron chi connectivity index (χ3n) is 4.03. The molecule has 2 aromatic rings. The Morgan fingerprint density at radius 1 is 1.33 bits per heavy atom. The molecule has 1 aromatic carbocycles. The van der Waals surface area contributed by atoms with E-state index in [2.05, 4.69) is 20.9 Å². The van der Waals surface area contributed by atoms with Crippen LogP contribution in [0.5, 0.6) is 0 Å². The second kappa shape index (κ2) is 7.39. The van der Waals surface area contributed by atoms with Gasteiger partial charge in [0, 0.05) is 25.8 Å². The molecule has 0 unspecified atom stereocenters. The van der Waals surface area contributed by atoms with Gasteiger partial charge in [-0.3, -0.25) is 9.69 Å². The molecule has 1 fully saturated rings. The molecule has 0 N–H and O–H groups in total. The summed E-state index contributed by atoms with van der Waals surface area (Å²) in [6.45, 7) is 2.18. The van der Waals surface area contributed by atoms with Gasteiger partial charge in [-0.2, -0.15) is 5.26 Å². The molecule has 0 bridgehead atoms. The van der Waals surface area contributed by atoms with Crippen LogP contribution in [0.4, 0.5) is 0 Å². The van der Waals surface area contributed by atoms with E-state index in [1.54, 1.807) is 4.90 Å². The number of hydrogen-bond donors (Lipinski definition) is 0. The fourth-order valence-corrected chi connectivity index (χ4v) is 2.94. The van der Waals surface area contributed by atoms with Gasteiger partial charge in [0.1, 0.15) is 18.1 Å². The fourth-order valence-electron chi connectivity index (χ4n) is 2.75. The second-order valence-electron chi connectivity index (χ2n) is 5.57. The lowest BCUT2D eigenvalue weighted by Crippen LogP contribution is -2.53. The number of benzene rings is 1. The lowest BCUT2D eigenvalue weighted by molar-refractivity contribution is 0.0546. The molecule has 2 heterocycles. The van der Waals surface area contributed by atoms with Crippen LogP contribution in [-0.2, 0) is 6.54 Å². The molecular formula is C17H16ClN5O. The van der Waals surface area contributed by atoms with E-state index in [1.165, 1.54) is 12.5 Å². The second-order valence-corrected chi connectivity index (χ2v) is 5.98. The third-order valence-corrected chi connectivity index (χ3v) is 4.30. The van der Waals surface area contributed by atoms with Crippen molar-refractivity contribution in [3.8, 4) is 6.07 Å². The number of piperazine rings is 1. The zero-order chi connectivity index (χ0) is 16.9. The number of carbonyl (C=O) groups excluding carboxylic acids is 1. The fraction of sp³-hybridized carbons (Fsp3) is 0.294. The van der Waals surface area contributed by atoms with Crippen LogP contribution in [0.15, 0.2) is 42.9 Å². The number of carbonyl (C=O) groups is 1. The monoisotopic (exact) mass is 341 g/mol. The molecular weight excluding hydrogens is 326 g/mol. The van der Waals surface area contributed by atoms with E-state index >= 15 is 0 Å². The number of nitriles is 1. The van der Waals surface area contributed by atoms with Crippen molar-refractivity contribution < 1.29 is 4.79 Å². The van der Waals surface area contributed by atoms with Crippen LogP contribution in [-0.4, -0.2) is 51.4 Å². The van der Waals surface area contributed by atoms with Crippen LogP contribution in [0.3, 0.4) is 0 Å². The SMILES string of the molecule is N#C[C@@H]1CN(C(=O)c2ncncc2Cl)CCN1Cc1ccccc1. The summed E-state index contributed by atoms with van der Waals surface area (Å²) < 4.78 is 0. The van der Waals surface area contributed by atoms with Crippen LogP contribution in [0.2, 0.25) is 5.02 Å². The Hall–Kier alpha value is -2.49. The Kier molecular flexibility index (Phi) is 5.04.